The summed E-state index contributed by atoms with van der Waals surface area (Å²) < 4.78 is 41.6. The summed E-state index contributed by atoms with van der Waals surface area (Å²) in [5, 5.41) is 12.1. The summed E-state index contributed by atoms with van der Waals surface area (Å²) >= 11 is 0. The van der Waals surface area contributed by atoms with Crippen molar-refractivity contribution in [3.05, 3.63) is 106 Å². The van der Waals surface area contributed by atoms with Gasteiger partial charge < -0.3 is 55.6 Å². The lowest BCUT2D eigenvalue weighted by Crippen LogP contribution is -3.00. The van der Waals surface area contributed by atoms with Gasteiger partial charge in [-0.2, -0.15) is 4.58 Å². The van der Waals surface area contributed by atoms with Crippen LogP contribution in [0, 0.1) is 0 Å². The van der Waals surface area contributed by atoms with Crippen molar-refractivity contribution in [3.8, 4) is 0 Å². The molecule has 0 saturated heterocycles. The summed E-state index contributed by atoms with van der Waals surface area (Å²) in [5.74, 6) is -0.873. The highest BCUT2D eigenvalue weighted by Gasteiger charge is 2.44. The van der Waals surface area contributed by atoms with Gasteiger partial charge in [-0.1, -0.05) is 73.6 Å². The molecule has 4 rings (SSSR count). The Hall–Kier alpha value is -4.08. The standard InChI is InChI=1S/C44H61N5O9.ClH/c1-43(2)36-12-8-10-14-38(36)48(20-24-54-28-32-57-31-27-53-23-19-46-47-45)40(43)16-6-5-7-17-41-44(3,4)37-13-9-11-15-39(37)49(41)21-25-55-29-33-58-35-34-56-30-26-52-22-18-42(50)51;/h5-17H,18-35H2,1-4H3;1H. The maximum atomic E-state index is 10.5. The van der Waals surface area contributed by atoms with Crippen LogP contribution in [0.4, 0.5) is 11.4 Å². The minimum atomic E-state index is -0.873. The molecule has 0 aliphatic carbocycles. The first-order chi connectivity index (χ1) is 28.2. The van der Waals surface area contributed by atoms with Crippen molar-refractivity contribution in [2.75, 3.05) is 117 Å². The number of nitrogens with zero attached hydrogens (tertiary/aromatic N) is 5. The van der Waals surface area contributed by atoms with Crippen LogP contribution in [-0.4, -0.2) is 133 Å². The second-order valence-electron chi connectivity index (χ2n) is 14.7. The van der Waals surface area contributed by atoms with Crippen LogP contribution >= 0.6 is 0 Å². The van der Waals surface area contributed by atoms with Gasteiger partial charge in [0, 0.05) is 52.5 Å². The minimum absolute atomic E-state index is 0. The van der Waals surface area contributed by atoms with Crippen molar-refractivity contribution in [1.29, 1.82) is 0 Å². The molecule has 2 aromatic rings. The molecule has 0 unspecified atom stereocenters. The lowest BCUT2D eigenvalue weighted by molar-refractivity contribution is -0.442. The van der Waals surface area contributed by atoms with Crippen LogP contribution in [0.5, 0.6) is 0 Å². The third-order valence-electron chi connectivity index (χ3n) is 9.97. The number of para-hydroxylation sites is 2. The van der Waals surface area contributed by atoms with Crippen LogP contribution in [0.2, 0.25) is 0 Å². The van der Waals surface area contributed by atoms with E-state index in [4.69, 9.17) is 43.8 Å². The number of hydrogen-bond acceptors (Lipinski definition) is 10. The Morgan fingerprint density at radius 1 is 0.712 bits per heavy atom. The number of azide groups is 1. The number of halogens is 1. The Morgan fingerprint density at radius 3 is 1.88 bits per heavy atom. The van der Waals surface area contributed by atoms with Gasteiger partial charge in [-0.05, 0) is 37.1 Å². The number of carboxylic acid groups (broad SMARTS) is 1. The summed E-state index contributed by atoms with van der Waals surface area (Å²) in [7, 11) is 0. The van der Waals surface area contributed by atoms with Gasteiger partial charge in [0.25, 0.3) is 0 Å². The molecule has 0 radical (unpaired) electrons. The van der Waals surface area contributed by atoms with Gasteiger partial charge in [0.1, 0.15) is 6.61 Å². The topological polar surface area (TPSA) is 157 Å². The number of ether oxygens (including phenoxy) is 7. The highest BCUT2D eigenvalue weighted by molar-refractivity contribution is 6.03. The van der Waals surface area contributed by atoms with E-state index in [0.717, 1.165) is 6.54 Å². The van der Waals surface area contributed by atoms with E-state index in [9.17, 15) is 4.79 Å². The normalized spacial score (nSPS) is 15.9. The SMILES string of the molecule is CC1(C)C(/C=C/C=C/C=C2\N(CCOCCOCCOCCN=[N+]=[N-])c3ccccc3C2(C)C)=[N+](CCOCCOCCOCCOCCC(=O)O)c2ccccc21.[Cl-]. The number of benzene rings is 2. The Labute approximate surface area is 355 Å². The molecule has 0 aromatic heterocycles. The van der Waals surface area contributed by atoms with Crippen LogP contribution in [-0.2, 0) is 48.8 Å². The number of carboxylic acids is 1. The second-order valence-corrected chi connectivity index (χ2v) is 14.7. The predicted molar refractivity (Wildman–Crippen MR) is 224 cm³/mol. The van der Waals surface area contributed by atoms with E-state index in [2.05, 4.69) is 126 Å². The van der Waals surface area contributed by atoms with Crippen LogP contribution in [0.3, 0.4) is 0 Å². The van der Waals surface area contributed by atoms with Crippen molar-refractivity contribution >= 4 is 23.1 Å². The lowest BCUT2D eigenvalue weighted by atomic mass is 9.81. The first-order valence-corrected chi connectivity index (χ1v) is 20.1. The van der Waals surface area contributed by atoms with E-state index >= 15 is 0 Å². The molecule has 0 saturated carbocycles. The monoisotopic (exact) mass is 839 g/mol. The third kappa shape index (κ3) is 15.5. The van der Waals surface area contributed by atoms with E-state index in [0.29, 0.717) is 99.0 Å². The van der Waals surface area contributed by atoms with Crippen LogP contribution in [0.25, 0.3) is 10.4 Å². The smallest absolute Gasteiger partial charge is 0.305 e. The van der Waals surface area contributed by atoms with Crippen molar-refractivity contribution in [1.82, 2.24) is 0 Å². The molecule has 324 valence electrons. The highest BCUT2D eigenvalue weighted by Crippen LogP contribution is 2.47. The largest absolute Gasteiger partial charge is 1.00 e. The molecule has 0 atom stereocenters. The molecule has 2 aliphatic heterocycles. The Balaban J connectivity index is 0.00000930. The van der Waals surface area contributed by atoms with Gasteiger partial charge >= 0.3 is 5.97 Å². The number of fused-ring (bicyclic) bond motifs is 2. The number of anilines is 1. The molecule has 2 aliphatic rings. The fourth-order valence-corrected chi connectivity index (χ4v) is 7.05. The van der Waals surface area contributed by atoms with Gasteiger partial charge in [0.05, 0.1) is 97.7 Å². The zero-order chi connectivity index (χ0) is 41.5. The average Bonchev–Trinajstić information content (AvgIpc) is 3.56. The zero-order valence-electron chi connectivity index (χ0n) is 35.1. The molecule has 2 aromatic carbocycles. The number of allylic oxidation sites excluding steroid dienone is 6. The number of aliphatic carboxylic acids is 1. The maximum Gasteiger partial charge on any atom is 0.305 e. The summed E-state index contributed by atoms with van der Waals surface area (Å²) in [6.07, 6.45) is 10.8. The van der Waals surface area contributed by atoms with E-state index in [1.54, 1.807) is 0 Å². The number of carbonyl (C=O) groups is 1. The van der Waals surface area contributed by atoms with E-state index in [-0.39, 0.29) is 36.3 Å². The van der Waals surface area contributed by atoms with Gasteiger partial charge in [0.15, 0.2) is 12.3 Å². The molecule has 1 N–H and O–H groups in total. The summed E-state index contributed by atoms with van der Waals surface area (Å²) in [4.78, 5) is 15.6. The van der Waals surface area contributed by atoms with Crippen molar-refractivity contribution in [2.45, 2.75) is 44.9 Å². The first-order valence-electron chi connectivity index (χ1n) is 20.1. The maximum absolute atomic E-state index is 10.5. The number of hydrogen-bond donors (Lipinski definition) is 1. The molecule has 0 spiro atoms. The average molecular weight is 840 g/mol. The van der Waals surface area contributed by atoms with Crippen LogP contribution in [0.1, 0.15) is 45.2 Å². The van der Waals surface area contributed by atoms with E-state index in [1.807, 2.05) is 0 Å². The summed E-state index contributed by atoms with van der Waals surface area (Å²) in [6.45, 7) is 17.0. The fraction of sp³-hybridized carbons (Fsp3) is 0.545. The Morgan fingerprint density at radius 2 is 1.25 bits per heavy atom. The minimum Gasteiger partial charge on any atom is -1.00 e. The lowest BCUT2D eigenvalue weighted by Gasteiger charge is -2.27. The fourth-order valence-electron chi connectivity index (χ4n) is 7.05. The quantitative estimate of drug-likeness (QED) is 0.0307. The first kappa shape index (κ1) is 49.3. The second kappa shape index (κ2) is 26.9. The van der Waals surface area contributed by atoms with Crippen molar-refractivity contribution in [3.63, 3.8) is 0 Å². The molecule has 0 bridgehead atoms. The van der Waals surface area contributed by atoms with Gasteiger partial charge in [-0.3, -0.25) is 4.79 Å². The third-order valence-corrected chi connectivity index (χ3v) is 9.97. The summed E-state index contributed by atoms with van der Waals surface area (Å²) in [5.41, 5.74) is 15.4. The zero-order valence-corrected chi connectivity index (χ0v) is 35.8. The van der Waals surface area contributed by atoms with Crippen LogP contribution < -0.4 is 17.3 Å². The molecule has 15 heteroatoms. The van der Waals surface area contributed by atoms with Gasteiger partial charge in [-0.25, -0.2) is 0 Å². The van der Waals surface area contributed by atoms with E-state index < -0.39 is 5.97 Å². The van der Waals surface area contributed by atoms with Gasteiger partial charge in [-0.15, -0.1) is 0 Å². The Kier molecular flexibility index (Phi) is 22.5. The molecule has 2 heterocycles. The summed E-state index contributed by atoms with van der Waals surface area (Å²) in [6, 6.07) is 17.2. The van der Waals surface area contributed by atoms with E-state index in [1.165, 1.54) is 33.9 Å². The molecule has 0 amide bonds. The number of rotatable bonds is 30. The van der Waals surface area contributed by atoms with Crippen LogP contribution in [0.15, 0.2) is 89.7 Å². The Bertz CT molecular complexity index is 1760. The molecular formula is C44H62ClN5O9. The molecular weight excluding hydrogens is 778 g/mol. The molecule has 14 nitrogen and oxygen atoms in total. The molecule has 0 fully saturated rings. The van der Waals surface area contributed by atoms with Gasteiger partial charge in [0.2, 0.25) is 5.69 Å². The van der Waals surface area contributed by atoms with Crippen molar-refractivity contribution < 1.29 is 60.0 Å². The predicted octanol–water partition coefficient (Wildman–Crippen LogP) is 3.76. The van der Waals surface area contributed by atoms with Crippen molar-refractivity contribution in [2.24, 2.45) is 5.11 Å². The molecule has 59 heavy (non-hydrogen) atoms. The highest BCUT2D eigenvalue weighted by atomic mass is 35.5.